The molecule has 12 heteroatoms. The largest absolute Gasteiger partial charge is 0.354 e. The Morgan fingerprint density at radius 1 is 1.14 bits per heavy atom. The summed E-state index contributed by atoms with van der Waals surface area (Å²) in [6.45, 7) is 0.914. The van der Waals surface area contributed by atoms with Gasteiger partial charge < -0.3 is 4.90 Å². The highest BCUT2D eigenvalue weighted by Crippen LogP contribution is 2.31. The molecule has 146 valence electrons. The zero-order valence-electron chi connectivity index (χ0n) is 14.2. The Morgan fingerprint density at radius 3 is 2.43 bits per heavy atom. The molecule has 1 aliphatic heterocycles. The topological polar surface area (TPSA) is 120 Å². The Balaban J connectivity index is 1.79. The zero-order chi connectivity index (χ0) is 20.5. The molecule has 28 heavy (non-hydrogen) atoms. The number of hydrogen-bond acceptors (Lipinski definition) is 7. The molecule has 1 aromatic carbocycles. The van der Waals surface area contributed by atoms with Gasteiger partial charge in [0.2, 0.25) is 15.7 Å². The molecule has 1 aliphatic rings. The highest BCUT2D eigenvalue weighted by Gasteiger charge is 2.31. The van der Waals surface area contributed by atoms with Gasteiger partial charge >= 0.3 is 5.69 Å². The number of halogens is 2. The molecule has 3 rings (SSSR count). The molecule has 0 atom stereocenters. The summed E-state index contributed by atoms with van der Waals surface area (Å²) in [6.07, 6.45) is 0. The first-order valence-corrected chi connectivity index (χ1v) is 10.2. The lowest BCUT2D eigenvalue weighted by atomic mass is 10.3. The second kappa shape index (κ2) is 7.89. The van der Waals surface area contributed by atoms with Crippen molar-refractivity contribution in [1.29, 1.82) is 5.26 Å². The summed E-state index contributed by atoms with van der Waals surface area (Å²) >= 11 is 12.0. The predicted octanol–water partition coefficient (Wildman–Crippen LogP) is 2.68. The molecule has 2 aromatic rings. The van der Waals surface area contributed by atoms with E-state index in [9.17, 15) is 18.5 Å². The van der Waals surface area contributed by atoms with Crippen molar-refractivity contribution in [3.8, 4) is 6.07 Å². The van der Waals surface area contributed by atoms with Gasteiger partial charge in [-0.2, -0.15) is 9.57 Å². The molecule has 0 amide bonds. The second-order valence-electron chi connectivity index (χ2n) is 5.85. The summed E-state index contributed by atoms with van der Waals surface area (Å²) in [5.41, 5.74) is -0.661. The molecule has 0 bridgehead atoms. The van der Waals surface area contributed by atoms with Gasteiger partial charge in [-0.25, -0.2) is 13.4 Å². The molecule has 0 aliphatic carbocycles. The third-order valence-corrected chi connectivity index (χ3v) is 7.13. The van der Waals surface area contributed by atoms with E-state index in [4.69, 9.17) is 28.5 Å². The van der Waals surface area contributed by atoms with Gasteiger partial charge in [0.1, 0.15) is 16.8 Å². The van der Waals surface area contributed by atoms with Crippen LogP contribution in [0.3, 0.4) is 0 Å². The number of nitrogens with zero attached hydrogens (tertiary/aromatic N) is 5. The average molecular weight is 442 g/mol. The fourth-order valence-corrected chi connectivity index (χ4v) is 4.99. The summed E-state index contributed by atoms with van der Waals surface area (Å²) < 4.78 is 27.0. The first-order chi connectivity index (χ1) is 13.3. The minimum atomic E-state index is -3.82. The Bertz CT molecular complexity index is 1080. The lowest BCUT2D eigenvalue weighted by Crippen LogP contribution is -2.49. The number of sulfonamides is 1. The molecule has 0 unspecified atom stereocenters. The van der Waals surface area contributed by atoms with Crippen LogP contribution in [0.1, 0.15) is 5.69 Å². The van der Waals surface area contributed by atoms with Gasteiger partial charge in [0, 0.05) is 32.2 Å². The first kappa shape index (κ1) is 20.3. The average Bonchev–Trinajstić information content (AvgIpc) is 2.69. The monoisotopic (exact) mass is 441 g/mol. The number of rotatable bonds is 4. The van der Waals surface area contributed by atoms with Crippen LogP contribution in [0.5, 0.6) is 0 Å². The summed E-state index contributed by atoms with van der Waals surface area (Å²) in [5, 5.41) is 20.1. The van der Waals surface area contributed by atoms with E-state index in [1.807, 2.05) is 0 Å². The highest BCUT2D eigenvalue weighted by molar-refractivity contribution is 7.89. The molecule has 1 aromatic heterocycles. The SMILES string of the molecule is N#Cc1nc(N2CCN(S(=O)(=O)c3cccc(Cl)c3Cl)CC2)ccc1[N+](=O)[O-]. The van der Waals surface area contributed by atoms with Crippen LogP contribution < -0.4 is 4.90 Å². The molecule has 9 nitrogen and oxygen atoms in total. The quantitative estimate of drug-likeness (QED) is 0.527. The van der Waals surface area contributed by atoms with Crippen molar-refractivity contribution in [3.05, 3.63) is 56.2 Å². The smallest absolute Gasteiger partial charge is 0.305 e. The third-order valence-electron chi connectivity index (χ3n) is 4.26. The van der Waals surface area contributed by atoms with Crippen molar-refractivity contribution in [3.63, 3.8) is 0 Å². The molecular weight excluding hydrogens is 429 g/mol. The zero-order valence-corrected chi connectivity index (χ0v) is 16.6. The fourth-order valence-electron chi connectivity index (χ4n) is 2.83. The molecule has 1 fully saturated rings. The van der Waals surface area contributed by atoms with Crippen molar-refractivity contribution in [1.82, 2.24) is 9.29 Å². The van der Waals surface area contributed by atoms with Gasteiger partial charge in [0.15, 0.2) is 0 Å². The number of piperazine rings is 1. The van der Waals surface area contributed by atoms with E-state index in [1.165, 1.54) is 34.6 Å². The Kier molecular flexibility index (Phi) is 5.71. The van der Waals surface area contributed by atoms with Gasteiger partial charge in [0.25, 0.3) is 0 Å². The number of aromatic nitrogens is 1. The maximum atomic E-state index is 12.9. The molecule has 0 spiro atoms. The summed E-state index contributed by atoms with van der Waals surface area (Å²) in [6, 6.07) is 8.79. The van der Waals surface area contributed by atoms with E-state index in [2.05, 4.69) is 4.98 Å². The fraction of sp³-hybridized carbons (Fsp3) is 0.250. The number of nitriles is 1. The highest BCUT2D eigenvalue weighted by atomic mass is 35.5. The number of anilines is 1. The molecular formula is C16H13Cl2N5O4S. The van der Waals surface area contributed by atoms with E-state index in [0.717, 1.165) is 0 Å². The van der Waals surface area contributed by atoms with E-state index >= 15 is 0 Å². The number of nitro groups is 1. The lowest BCUT2D eigenvalue weighted by Gasteiger charge is -2.34. The molecule has 0 saturated carbocycles. The Morgan fingerprint density at radius 2 is 1.82 bits per heavy atom. The van der Waals surface area contributed by atoms with Crippen LogP contribution in [-0.4, -0.2) is 48.8 Å². The summed E-state index contributed by atoms with van der Waals surface area (Å²) in [5.74, 6) is 0.375. The van der Waals surface area contributed by atoms with Gasteiger partial charge in [-0.1, -0.05) is 29.3 Å². The van der Waals surface area contributed by atoms with Crippen LogP contribution in [0.25, 0.3) is 0 Å². The van der Waals surface area contributed by atoms with E-state index < -0.39 is 14.9 Å². The lowest BCUT2D eigenvalue weighted by molar-refractivity contribution is -0.385. The van der Waals surface area contributed by atoms with Crippen molar-refractivity contribution < 1.29 is 13.3 Å². The summed E-state index contributed by atoms with van der Waals surface area (Å²) in [4.78, 5) is 16.0. The number of hydrogen-bond donors (Lipinski definition) is 0. The first-order valence-electron chi connectivity index (χ1n) is 8.00. The van der Waals surface area contributed by atoms with Crippen LogP contribution in [0.2, 0.25) is 10.0 Å². The normalized spacial score (nSPS) is 15.2. The molecule has 0 N–H and O–H groups in total. The maximum absolute atomic E-state index is 12.9. The van der Waals surface area contributed by atoms with E-state index in [0.29, 0.717) is 18.9 Å². The summed E-state index contributed by atoms with van der Waals surface area (Å²) in [7, 11) is -3.82. The molecule has 2 heterocycles. The minimum Gasteiger partial charge on any atom is -0.354 e. The maximum Gasteiger partial charge on any atom is 0.305 e. The number of benzene rings is 1. The second-order valence-corrected chi connectivity index (χ2v) is 8.54. The van der Waals surface area contributed by atoms with Crippen LogP contribution >= 0.6 is 23.2 Å². The predicted molar refractivity (Wildman–Crippen MR) is 103 cm³/mol. The van der Waals surface area contributed by atoms with E-state index in [-0.39, 0.29) is 39.4 Å². The Hall–Kier alpha value is -2.45. The van der Waals surface area contributed by atoms with Crippen LogP contribution in [0.15, 0.2) is 35.2 Å². The minimum absolute atomic E-state index is 0.0257. The van der Waals surface area contributed by atoms with Gasteiger partial charge in [-0.3, -0.25) is 10.1 Å². The van der Waals surface area contributed by atoms with E-state index in [1.54, 1.807) is 11.0 Å². The van der Waals surface area contributed by atoms with Crippen LogP contribution in [-0.2, 0) is 10.0 Å². The number of pyridine rings is 1. The van der Waals surface area contributed by atoms with Crippen molar-refractivity contribution in [2.75, 3.05) is 31.1 Å². The van der Waals surface area contributed by atoms with Gasteiger partial charge in [-0.05, 0) is 18.2 Å². The Labute approximate surface area is 170 Å². The van der Waals surface area contributed by atoms with Crippen molar-refractivity contribution >= 4 is 44.7 Å². The molecule has 1 saturated heterocycles. The van der Waals surface area contributed by atoms with Gasteiger partial charge in [0.05, 0.1) is 15.0 Å². The van der Waals surface area contributed by atoms with Crippen molar-refractivity contribution in [2.24, 2.45) is 0 Å². The molecule has 0 radical (unpaired) electrons. The van der Waals surface area contributed by atoms with Crippen LogP contribution in [0.4, 0.5) is 11.5 Å². The van der Waals surface area contributed by atoms with Crippen molar-refractivity contribution in [2.45, 2.75) is 4.90 Å². The third kappa shape index (κ3) is 3.74. The standard InChI is InChI=1S/C16H13Cl2N5O4S/c17-11-2-1-3-14(16(11)18)28(26,27)22-8-6-21(7-9-22)15-5-4-13(23(24)25)12(10-19)20-15/h1-5H,6-9H2. The van der Waals surface area contributed by atoms with Crippen LogP contribution in [0, 0.1) is 21.4 Å². The van der Waals surface area contributed by atoms with Gasteiger partial charge in [-0.15, -0.1) is 0 Å².